The van der Waals surface area contributed by atoms with E-state index in [-0.39, 0.29) is 51.0 Å². The number of thioether (sulfide) groups is 1. The van der Waals surface area contributed by atoms with Crippen LogP contribution in [0.3, 0.4) is 0 Å². The number of hydrogen-bond acceptors (Lipinski definition) is 1. The molecule has 0 saturated heterocycles. The zero-order valence-electron chi connectivity index (χ0n) is 13.1. The van der Waals surface area contributed by atoms with Gasteiger partial charge in [0.05, 0.1) is 0 Å². The maximum atomic E-state index is 3.48. The number of allylic oxidation sites excluding steroid dienone is 4. The molecule has 1 unspecified atom stereocenters. The van der Waals surface area contributed by atoms with E-state index in [0.29, 0.717) is 5.25 Å². The molecule has 5 rings (SSSR count). The van der Waals surface area contributed by atoms with Gasteiger partial charge in [0.1, 0.15) is 0 Å². The molecule has 1 heterocycles. The van der Waals surface area contributed by atoms with Crippen LogP contribution in [0.1, 0.15) is 28.4 Å². The molecule has 0 fully saturated rings. The van der Waals surface area contributed by atoms with Crippen LogP contribution in [0.25, 0.3) is 11.6 Å². The number of benzene rings is 2. The summed E-state index contributed by atoms with van der Waals surface area (Å²) in [7, 11) is 0. The number of halogens is 3. The van der Waals surface area contributed by atoms with Crippen LogP contribution >= 0.6 is 27.7 Å². The Bertz CT molecular complexity index is 820. The van der Waals surface area contributed by atoms with Crippen LogP contribution in [0.4, 0.5) is 0 Å². The molecule has 1 atom stereocenters. The van der Waals surface area contributed by atoms with Crippen molar-refractivity contribution in [3.63, 3.8) is 0 Å². The van der Waals surface area contributed by atoms with Crippen LogP contribution in [-0.2, 0) is 26.2 Å². The zero-order valence-corrected chi connectivity index (χ0v) is 19.5. The fraction of sp³-hybridized carbons (Fsp3) is 0.100. The van der Waals surface area contributed by atoms with Crippen LogP contribution in [0, 0.1) is 12.1 Å². The molecular formula is C20H13BrCl2SZr. The third-order valence-electron chi connectivity index (χ3n) is 3.87. The minimum absolute atomic E-state index is 0. The van der Waals surface area contributed by atoms with Crippen molar-refractivity contribution in [1.82, 2.24) is 0 Å². The van der Waals surface area contributed by atoms with Crippen molar-refractivity contribution < 1.29 is 51.0 Å². The summed E-state index contributed by atoms with van der Waals surface area (Å²) in [5.41, 5.74) is 5.46. The summed E-state index contributed by atoms with van der Waals surface area (Å²) in [6.45, 7) is 0. The summed E-state index contributed by atoms with van der Waals surface area (Å²) in [5, 5.41) is 0.478. The predicted molar refractivity (Wildman–Crippen MR) is 97.5 cm³/mol. The van der Waals surface area contributed by atoms with Gasteiger partial charge in [-0.25, -0.2) is 12.2 Å². The molecule has 0 amide bonds. The van der Waals surface area contributed by atoms with Crippen LogP contribution in [0.2, 0.25) is 0 Å². The summed E-state index contributed by atoms with van der Waals surface area (Å²) in [5.74, 6) is 0. The molecule has 5 heteroatoms. The molecule has 0 N–H and O–H groups in total. The van der Waals surface area contributed by atoms with Crippen LogP contribution in [0.5, 0.6) is 0 Å². The van der Waals surface area contributed by atoms with Crippen molar-refractivity contribution in [2.24, 2.45) is 0 Å². The van der Waals surface area contributed by atoms with Gasteiger partial charge in [0.25, 0.3) is 0 Å². The van der Waals surface area contributed by atoms with E-state index in [4.69, 9.17) is 0 Å². The Labute approximate surface area is 193 Å². The van der Waals surface area contributed by atoms with Crippen LogP contribution in [0.15, 0.2) is 64.0 Å². The first-order chi connectivity index (χ1) is 10.8. The van der Waals surface area contributed by atoms with Gasteiger partial charge in [-0.05, 0) is 11.6 Å². The first-order valence-corrected chi connectivity index (χ1v) is 8.91. The van der Waals surface area contributed by atoms with Crippen molar-refractivity contribution in [1.29, 1.82) is 0 Å². The summed E-state index contributed by atoms with van der Waals surface area (Å²) in [6, 6.07) is 16.3. The number of fused-ring (bicyclic) bond motifs is 5. The first-order valence-electron chi connectivity index (χ1n) is 7.24. The largest absolute Gasteiger partial charge is 4.00 e. The maximum absolute atomic E-state index is 3.48. The predicted octanol–water partition coefficient (Wildman–Crippen LogP) is 0.261. The van der Waals surface area contributed by atoms with Gasteiger partial charge >= 0.3 is 26.2 Å². The average molecular weight is 527 g/mol. The summed E-state index contributed by atoms with van der Waals surface area (Å²) < 4.78 is 1.03. The molecule has 2 aromatic carbocycles. The van der Waals surface area contributed by atoms with Gasteiger partial charge in [0.15, 0.2) is 0 Å². The molecule has 0 aromatic heterocycles. The number of rotatable bonds is 0. The minimum atomic E-state index is 0. The van der Waals surface area contributed by atoms with E-state index >= 15 is 0 Å². The molecule has 0 bridgehead atoms. The molecule has 2 aromatic rings. The quantitative estimate of drug-likeness (QED) is 0.444. The van der Waals surface area contributed by atoms with E-state index < -0.39 is 0 Å². The fourth-order valence-electron chi connectivity index (χ4n) is 2.86. The Morgan fingerprint density at radius 1 is 1.08 bits per heavy atom. The van der Waals surface area contributed by atoms with E-state index in [1.807, 2.05) is 23.9 Å². The van der Waals surface area contributed by atoms with E-state index in [1.54, 1.807) is 0 Å². The van der Waals surface area contributed by atoms with E-state index in [2.05, 4.69) is 76.6 Å². The normalized spacial score (nSPS) is 16.8. The molecule has 0 nitrogen and oxygen atoms in total. The fourth-order valence-corrected chi connectivity index (χ4v) is 4.59. The van der Waals surface area contributed by atoms with Gasteiger partial charge in [-0.1, -0.05) is 44.2 Å². The molecule has 1 aliphatic heterocycles. The SMILES string of the molecule is Brc1[c-]c2c(cc1)C1Sc3ccccc3C1=C2.[C-]1=CC=CC1.[Cl-].[Cl-].[Zr+4]. The second kappa shape index (κ2) is 10.3. The van der Waals surface area contributed by atoms with Gasteiger partial charge in [0.2, 0.25) is 0 Å². The molecule has 3 aliphatic rings. The topological polar surface area (TPSA) is 0 Å². The molecule has 0 saturated carbocycles. The average Bonchev–Trinajstić information content (AvgIpc) is 3.24. The maximum Gasteiger partial charge on any atom is 4.00 e. The molecule has 2 aliphatic carbocycles. The van der Waals surface area contributed by atoms with Crippen molar-refractivity contribution in [2.45, 2.75) is 16.6 Å². The van der Waals surface area contributed by atoms with Crippen molar-refractivity contribution in [3.05, 3.63) is 87.9 Å². The van der Waals surface area contributed by atoms with Crippen LogP contribution < -0.4 is 24.8 Å². The van der Waals surface area contributed by atoms with E-state index in [9.17, 15) is 0 Å². The smallest absolute Gasteiger partial charge is 1.00 e. The van der Waals surface area contributed by atoms with Crippen molar-refractivity contribution >= 4 is 39.3 Å². The minimum Gasteiger partial charge on any atom is -1.00 e. The monoisotopic (exact) mass is 524 g/mol. The summed E-state index contributed by atoms with van der Waals surface area (Å²) in [4.78, 5) is 1.40. The Morgan fingerprint density at radius 2 is 1.88 bits per heavy atom. The molecule has 0 spiro atoms. The van der Waals surface area contributed by atoms with Gasteiger partial charge in [-0.15, -0.1) is 53.6 Å². The zero-order chi connectivity index (χ0) is 14.9. The van der Waals surface area contributed by atoms with Gasteiger partial charge < -0.3 is 24.8 Å². The Morgan fingerprint density at radius 3 is 2.56 bits per heavy atom. The van der Waals surface area contributed by atoms with Gasteiger partial charge in [-0.2, -0.15) is 6.08 Å². The number of hydrogen-bond donors (Lipinski definition) is 0. The van der Waals surface area contributed by atoms with Crippen molar-refractivity contribution in [2.75, 3.05) is 0 Å². The van der Waals surface area contributed by atoms with Gasteiger partial charge in [0, 0.05) is 10.1 Å². The third-order valence-corrected chi connectivity index (χ3v) is 5.68. The van der Waals surface area contributed by atoms with E-state index in [0.717, 1.165) is 10.9 Å². The molecule has 25 heavy (non-hydrogen) atoms. The molecule has 0 radical (unpaired) electrons. The van der Waals surface area contributed by atoms with E-state index in [1.165, 1.54) is 27.2 Å². The van der Waals surface area contributed by atoms with Crippen molar-refractivity contribution in [3.8, 4) is 0 Å². The Kier molecular flexibility index (Phi) is 9.50. The summed E-state index contributed by atoms with van der Waals surface area (Å²) in [6.07, 6.45) is 12.3. The first kappa shape index (κ1) is 23.0. The second-order valence-electron chi connectivity index (χ2n) is 5.27. The molecule has 124 valence electrons. The Hall–Kier alpha value is -0.0469. The Balaban J connectivity index is 0.000000344. The van der Waals surface area contributed by atoms with Crippen LogP contribution in [-0.4, -0.2) is 0 Å². The standard InChI is InChI=1S/C15H8BrS.C5H5.2ClH.Zr/c16-10-5-6-11-9(7-10)8-13-12-3-1-2-4-14(12)17-15(11)13;1-2-4-5-3-1;;;/h1-6,8,15H;1-3H,4H2;2*1H;/q2*-1;;;+4/p-2. The second-order valence-corrected chi connectivity index (χ2v) is 7.27. The van der Waals surface area contributed by atoms with Gasteiger partial charge in [-0.3, -0.25) is 6.08 Å². The third kappa shape index (κ3) is 4.82. The molecular weight excluding hydrogens is 514 g/mol. The summed E-state index contributed by atoms with van der Waals surface area (Å²) >= 11 is 5.44.